The van der Waals surface area contributed by atoms with Gasteiger partial charge in [0, 0.05) is 42.0 Å². The van der Waals surface area contributed by atoms with E-state index in [4.69, 9.17) is 0 Å². The zero-order valence-electron chi connectivity index (χ0n) is 13.7. The molecule has 4 nitrogen and oxygen atoms in total. The van der Waals surface area contributed by atoms with Gasteiger partial charge in [-0.05, 0) is 43.5 Å². The largest absolute Gasteiger partial charge is 0.339 e. The Morgan fingerprint density at radius 1 is 1.04 bits per heavy atom. The summed E-state index contributed by atoms with van der Waals surface area (Å²) in [6, 6.07) is 11.8. The molecule has 0 aliphatic carbocycles. The number of aryl methyl sites for hydroxylation is 1. The van der Waals surface area contributed by atoms with Crippen LogP contribution in [-0.2, 0) is 0 Å². The van der Waals surface area contributed by atoms with Gasteiger partial charge in [-0.25, -0.2) is 0 Å². The zero-order chi connectivity index (χ0) is 16.5. The number of hydrogen-bond donors (Lipinski definition) is 0. The quantitative estimate of drug-likeness (QED) is 0.721. The summed E-state index contributed by atoms with van der Waals surface area (Å²) in [6.07, 6.45) is 5.72. The average molecular weight is 317 g/mol. The van der Waals surface area contributed by atoms with Gasteiger partial charge in [0.2, 0.25) is 0 Å². The highest BCUT2D eigenvalue weighted by Crippen LogP contribution is 2.29. The number of likely N-dealkylation sites (tertiary alicyclic amines) is 1. The van der Waals surface area contributed by atoms with Crippen LogP contribution in [0.25, 0.3) is 22.2 Å². The molecule has 0 bridgehead atoms. The number of fused-ring (bicyclic) bond motifs is 1. The fraction of sp³-hybridized carbons (Fsp3) is 0.250. The first kappa shape index (κ1) is 14.8. The van der Waals surface area contributed by atoms with E-state index in [1.54, 1.807) is 18.5 Å². The maximum absolute atomic E-state index is 12.6. The summed E-state index contributed by atoms with van der Waals surface area (Å²) in [5.74, 6) is 0.102. The van der Waals surface area contributed by atoms with Crippen LogP contribution in [0, 0.1) is 6.92 Å². The van der Waals surface area contributed by atoms with Gasteiger partial charge in [-0.15, -0.1) is 0 Å². The Labute approximate surface area is 141 Å². The van der Waals surface area contributed by atoms with Crippen LogP contribution in [0.2, 0.25) is 0 Å². The second-order valence-corrected chi connectivity index (χ2v) is 6.26. The number of carbonyl (C=O) groups is 1. The van der Waals surface area contributed by atoms with Gasteiger partial charge in [-0.3, -0.25) is 14.8 Å². The Bertz CT molecular complexity index is 914. The molecular formula is C20H19N3O. The summed E-state index contributed by atoms with van der Waals surface area (Å²) in [4.78, 5) is 23.5. The third kappa shape index (κ3) is 2.54. The molecule has 1 fully saturated rings. The number of pyridine rings is 2. The minimum absolute atomic E-state index is 0.102. The lowest BCUT2D eigenvalue weighted by molar-refractivity contribution is 0.0793. The molecule has 0 saturated carbocycles. The van der Waals surface area contributed by atoms with Crippen LogP contribution in [0.1, 0.15) is 28.8 Å². The second kappa shape index (κ2) is 6.04. The van der Waals surface area contributed by atoms with Gasteiger partial charge in [0.1, 0.15) is 0 Å². The molecule has 2 aromatic heterocycles. The summed E-state index contributed by atoms with van der Waals surface area (Å²) in [7, 11) is 0. The van der Waals surface area contributed by atoms with Crippen molar-refractivity contribution < 1.29 is 4.79 Å². The van der Waals surface area contributed by atoms with Gasteiger partial charge in [-0.2, -0.15) is 0 Å². The molecule has 1 saturated heterocycles. The number of aromatic nitrogens is 2. The van der Waals surface area contributed by atoms with Crippen molar-refractivity contribution in [3.05, 3.63) is 59.9 Å². The summed E-state index contributed by atoms with van der Waals surface area (Å²) in [5.41, 5.74) is 4.66. The Hall–Kier alpha value is -2.75. The van der Waals surface area contributed by atoms with Crippen molar-refractivity contribution in [3.8, 4) is 11.3 Å². The normalized spacial score (nSPS) is 14.3. The minimum atomic E-state index is 0.102. The predicted molar refractivity (Wildman–Crippen MR) is 94.8 cm³/mol. The first-order valence-electron chi connectivity index (χ1n) is 8.34. The van der Waals surface area contributed by atoms with Crippen LogP contribution in [0.5, 0.6) is 0 Å². The van der Waals surface area contributed by atoms with Crippen LogP contribution in [0.4, 0.5) is 0 Å². The molecule has 24 heavy (non-hydrogen) atoms. The van der Waals surface area contributed by atoms with Crippen molar-refractivity contribution in [1.82, 2.24) is 14.9 Å². The van der Waals surface area contributed by atoms with E-state index >= 15 is 0 Å². The van der Waals surface area contributed by atoms with Gasteiger partial charge in [0.25, 0.3) is 5.91 Å². The lowest BCUT2D eigenvalue weighted by Gasteiger charge is -2.15. The van der Waals surface area contributed by atoms with Gasteiger partial charge < -0.3 is 4.90 Å². The molecule has 4 rings (SSSR count). The lowest BCUT2D eigenvalue weighted by atomic mass is 10.0. The van der Waals surface area contributed by atoms with E-state index in [1.807, 2.05) is 17.0 Å². The van der Waals surface area contributed by atoms with Gasteiger partial charge in [0.15, 0.2) is 0 Å². The number of hydrogen-bond acceptors (Lipinski definition) is 3. The molecule has 1 aliphatic rings. The van der Waals surface area contributed by atoms with Crippen LogP contribution >= 0.6 is 0 Å². The van der Waals surface area contributed by atoms with Crippen molar-refractivity contribution in [3.63, 3.8) is 0 Å². The van der Waals surface area contributed by atoms with E-state index in [9.17, 15) is 4.79 Å². The van der Waals surface area contributed by atoms with Crippen LogP contribution < -0.4 is 0 Å². The molecule has 0 N–H and O–H groups in total. The third-order valence-electron chi connectivity index (χ3n) is 4.65. The highest BCUT2D eigenvalue weighted by Gasteiger charge is 2.20. The number of amides is 1. The predicted octanol–water partition coefficient (Wildman–Crippen LogP) is 3.84. The Balaban J connectivity index is 1.79. The highest BCUT2D eigenvalue weighted by atomic mass is 16.2. The molecular weight excluding hydrogens is 298 g/mol. The van der Waals surface area contributed by atoms with E-state index < -0.39 is 0 Å². The minimum Gasteiger partial charge on any atom is -0.339 e. The van der Waals surface area contributed by atoms with Crippen molar-refractivity contribution in [2.45, 2.75) is 19.8 Å². The van der Waals surface area contributed by atoms with E-state index in [1.165, 1.54) is 0 Å². The first-order chi connectivity index (χ1) is 11.7. The maximum atomic E-state index is 12.6. The van der Waals surface area contributed by atoms with Crippen molar-refractivity contribution in [2.24, 2.45) is 0 Å². The molecule has 0 atom stereocenters. The summed E-state index contributed by atoms with van der Waals surface area (Å²) >= 11 is 0. The van der Waals surface area contributed by atoms with E-state index in [-0.39, 0.29) is 5.91 Å². The molecule has 0 radical (unpaired) electrons. The number of nitrogens with zero attached hydrogens (tertiary/aromatic N) is 3. The summed E-state index contributed by atoms with van der Waals surface area (Å²) < 4.78 is 0. The van der Waals surface area contributed by atoms with Gasteiger partial charge in [0.05, 0.1) is 11.2 Å². The van der Waals surface area contributed by atoms with E-state index in [0.717, 1.165) is 53.7 Å². The average Bonchev–Trinajstić information content (AvgIpc) is 3.16. The molecule has 0 spiro atoms. The molecule has 4 heteroatoms. The van der Waals surface area contributed by atoms with Crippen molar-refractivity contribution in [2.75, 3.05) is 13.1 Å². The fourth-order valence-electron chi connectivity index (χ4n) is 3.35. The van der Waals surface area contributed by atoms with E-state index in [2.05, 4.69) is 35.1 Å². The third-order valence-corrected chi connectivity index (χ3v) is 4.65. The highest BCUT2D eigenvalue weighted by molar-refractivity contribution is 5.98. The Kier molecular flexibility index (Phi) is 3.73. The SMILES string of the molecule is Cc1ccc(-c2cc(C(=O)N3CCCC3)ccn2)c2cccnc12. The van der Waals surface area contributed by atoms with Gasteiger partial charge in [-0.1, -0.05) is 18.2 Å². The topological polar surface area (TPSA) is 46.1 Å². The number of rotatable bonds is 2. The number of carbonyl (C=O) groups excluding carboxylic acids is 1. The van der Waals surface area contributed by atoms with Crippen LogP contribution in [0.3, 0.4) is 0 Å². The monoisotopic (exact) mass is 317 g/mol. The second-order valence-electron chi connectivity index (χ2n) is 6.26. The molecule has 1 amide bonds. The molecule has 1 aliphatic heterocycles. The molecule has 120 valence electrons. The zero-order valence-corrected chi connectivity index (χ0v) is 13.7. The number of benzene rings is 1. The summed E-state index contributed by atoms with van der Waals surface area (Å²) in [6.45, 7) is 3.77. The Morgan fingerprint density at radius 3 is 2.71 bits per heavy atom. The van der Waals surface area contributed by atoms with Crippen LogP contribution in [0.15, 0.2) is 48.8 Å². The lowest BCUT2D eigenvalue weighted by Crippen LogP contribution is -2.27. The van der Waals surface area contributed by atoms with E-state index in [0.29, 0.717) is 5.56 Å². The molecule has 3 aromatic rings. The maximum Gasteiger partial charge on any atom is 0.253 e. The molecule has 3 heterocycles. The first-order valence-corrected chi connectivity index (χ1v) is 8.34. The fourth-order valence-corrected chi connectivity index (χ4v) is 3.35. The Morgan fingerprint density at radius 2 is 1.88 bits per heavy atom. The molecule has 1 aromatic carbocycles. The van der Waals surface area contributed by atoms with Gasteiger partial charge >= 0.3 is 0 Å². The smallest absolute Gasteiger partial charge is 0.253 e. The van der Waals surface area contributed by atoms with Crippen molar-refractivity contribution in [1.29, 1.82) is 0 Å². The molecule has 0 unspecified atom stereocenters. The van der Waals surface area contributed by atoms with Crippen LogP contribution in [-0.4, -0.2) is 33.9 Å². The van der Waals surface area contributed by atoms with Crippen molar-refractivity contribution >= 4 is 16.8 Å². The summed E-state index contributed by atoms with van der Waals surface area (Å²) in [5, 5.41) is 1.07. The standard InChI is InChI=1S/C20H19N3O/c1-14-6-7-16(17-5-4-9-22-19(14)17)18-13-15(8-10-21-18)20(24)23-11-2-3-12-23/h4-10,13H,2-3,11-12H2,1H3.